The summed E-state index contributed by atoms with van der Waals surface area (Å²) in [5, 5.41) is 5.69. The Morgan fingerprint density at radius 1 is 1.48 bits per heavy atom. The molecule has 0 spiro atoms. The zero-order valence-corrected chi connectivity index (χ0v) is 13.0. The number of aromatic nitrogens is 3. The molecule has 2 aromatic heterocycles. The smallest absolute Gasteiger partial charge is 0.343 e. The van der Waals surface area contributed by atoms with E-state index in [-0.39, 0.29) is 0 Å². The molecule has 0 aliphatic rings. The summed E-state index contributed by atoms with van der Waals surface area (Å²) in [6.07, 6.45) is 2.81. The van der Waals surface area contributed by atoms with Crippen molar-refractivity contribution >= 4 is 28.3 Å². The maximum atomic E-state index is 11.8. The van der Waals surface area contributed by atoms with Gasteiger partial charge in [-0.05, 0) is 21.0 Å². The summed E-state index contributed by atoms with van der Waals surface area (Å²) in [4.78, 5) is 26.3. The molecule has 0 fully saturated rings. The molecule has 0 unspecified atom stereocenters. The number of hydrogen-bond donors (Lipinski definition) is 1. The molecule has 2 heterocycles. The molecule has 2 rings (SSSR count). The van der Waals surface area contributed by atoms with Crippen molar-refractivity contribution in [2.24, 2.45) is 0 Å². The number of carbonyl (C=O) groups excluding carboxylic acids is 1. The quantitative estimate of drug-likeness (QED) is 0.816. The van der Waals surface area contributed by atoms with Crippen LogP contribution in [0.15, 0.2) is 17.9 Å². The molecule has 21 heavy (non-hydrogen) atoms. The topological polar surface area (TPSA) is 80.2 Å². The summed E-state index contributed by atoms with van der Waals surface area (Å²) in [5.41, 5.74) is 1.25. The van der Waals surface area contributed by atoms with Gasteiger partial charge in [-0.1, -0.05) is 0 Å². The second kappa shape index (κ2) is 7.09. The summed E-state index contributed by atoms with van der Waals surface area (Å²) < 4.78 is 4.98. The number of ether oxygens (including phenoxy) is 1. The predicted molar refractivity (Wildman–Crippen MR) is 80.8 cm³/mol. The van der Waals surface area contributed by atoms with E-state index in [1.165, 1.54) is 23.9 Å². The highest BCUT2D eigenvalue weighted by Gasteiger charge is 2.15. The summed E-state index contributed by atoms with van der Waals surface area (Å²) in [5.74, 6) is -0.0557. The molecule has 112 valence electrons. The van der Waals surface area contributed by atoms with E-state index in [9.17, 15) is 4.79 Å². The van der Waals surface area contributed by atoms with Crippen molar-refractivity contribution in [1.29, 1.82) is 0 Å². The number of anilines is 2. The number of esters is 1. The van der Waals surface area contributed by atoms with Gasteiger partial charge in [0, 0.05) is 18.1 Å². The van der Waals surface area contributed by atoms with E-state index in [0.29, 0.717) is 23.1 Å². The Bertz CT molecular complexity index is 614. The molecule has 0 bridgehead atoms. The molecule has 0 aliphatic carbocycles. The van der Waals surface area contributed by atoms with Crippen molar-refractivity contribution < 1.29 is 9.53 Å². The largest absolute Gasteiger partial charge is 0.462 e. The Morgan fingerprint density at radius 3 is 3.00 bits per heavy atom. The third-order valence-electron chi connectivity index (χ3n) is 2.46. The standard InChI is InChI=1S/C13H17N5O2S/c1-4-20-12(19)10-5-14-8-15-11(10)17-13-16-9(7-21-13)6-18(2)3/h5,7-8H,4,6H2,1-3H3,(H,14,15,16,17). The van der Waals surface area contributed by atoms with Gasteiger partial charge in [0.05, 0.1) is 12.3 Å². The maximum Gasteiger partial charge on any atom is 0.343 e. The van der Waals surface area contributed by atoms with Gasteiger partial charge in [0.1, 0.15) is 17.7 Å². The Kier molecular flexibility index (Phi) is 5.18. The van der Waals surface area contributed by atoms with Crippen LogP contribution in [0.1, 0.15) is 23.0 Å². The second-order valence-corrected chi connectivity index (χ2v) is 5.37. The lowest BCUT2D eigenvalue weighted by Gasteiger charge is -2.07. The molecule has 0 radical (unpaired) electrons. The first-order valence-electron chi connectivity index (χ1n) is 6.43. The fourth-order valence-electron chi connectivity index (χ4n) is 1.65. The maximum absolute atomic E-state index is 11.8. The molecule has 0 saturated heterocycles. The molecule has 1 N–H and O–H groups in total. The number of thiazole rings is 1. The SMILES string of the molecule is CCOC(=O)c1cncnc1Nc1nc(CN(C)C)cs1. The van der Waals surface area contributed by atoms with Crippen LogP contribution in [0.4, 0.5) is 10.9 Å². The van der Waals surface area contributed by atoms with Crippen LogP contribution >= 0.6 is 11.3 Å². The Morgan fingerprint density at radius 2 is 2.29 bits per heavy atom. The summed E-state index contributed by atoms with van der Waals surface area (Å²) in [7, 11) is 3.96. The fraction of sp³-hybridized carbons (Fsp3) is 0.385. The zero-order valence-electron chi connectivity index (χ0n) is 12.2. The highest BCUT2D eigenvalue weighted by atomic mass is 32.1. The van der Waals surface area contributed by atoms with Crippen LogP contribution in [0.2, 0.25) is 0 Å². The predicted octanol–water partition coefficient (Wildman–Crippen LogP) is 1.91. The van der Waals surface area contributed by atoms with Crippen LogP contribution in [0.5, 0.6) is 0 Å². The minimum absolute atomic E-state index is 0.295. The lowest BCUT2D eigenvalue weighted by Crippen LogP contribution is -2.11. The number of hydrogen-bond acceptors (Lipinski definition) is 8. The third-order valence-corrected chi connectivity index (χ3v) is 3.27. The monoisotopic (exact) mass is 307 g/mol. The van der Waals surface area contributed by atoms with Crippen molar-refractivity contribution in [2.75, 3.05) is 26.0 Å². The van der Waals surface area contributed by atoms with Gasteiger partial charge in [-0.3, -0.25) is 0 Å². The third kappa shape index (κ3) is 4.20. The van der Waals surface area contributed by atoms with E-state index < -0.39 is 5.97 Å². The Balaban J connectivity index is 2.16. The average molecular weight is 307 g/mol. The Labute approximate surface area is 127 Å². The van der Waals surface area contributed by atoms with E-state index in [1.54, 1.807) is 6.92 Å². The molecule has 0 amide bonds. The second-order valence-electron chi connectivity index (χ2n) is 4.51. The van der Waals surface area contributed by atoms with Crippen LogP contribution in [0, 0.1) is 0 Å². The van der Waals surface area contributed by atoms with Gasteiger partial charge < -0.3 is 15.0 Å². The van der Waals surface area contributed by atoms with Crippen LogP contribution in [0.3, 0.4) is 0 Å². The molecule has 0 atom stereocenters. The zero-order chi connectivity index (χ0) is 15.2. The lowest BCUT2D eigenvalue weighted by molar-refractivity contribution is 0.0526. The molecule has 2 aromatic rings. The highest BCUT2D eigenvalue weighted by molar-refractivity contribution is 7.13. The van der Waals surface area contributed by atoms with Crippen molar-refractivity contribution in [3.05, 3.63) is 29.2 Å². The van der Waals surface area contributed by atoms with Crippen molar-refractivity contribution in [2.45, 2.75) is 13.5 Å². The summed E-state index contributed by atoms with van der Waals surface area (Å²) in [6, 6.07) is 0. The van der Waals surface area contributed by atoms with Gasteiger partial charge in [-0.15, -0.1) is 11.3 Å². The van der Waals surface area contributed by atoms with Crippen molar-refractivity contribution in [3.63, 3.8) is 0 Å². The molecular weight excluding hydrogens is 290 g/mol. The van der Waals surface area contributed by atoms with E-state index in [2.05, 4.69) is 20.3 Å². The van der Waals surface area contributed by atoms with Crippen LogP contribution in [-0.2, 0) is 11.3 Å². The summed E-state index contributed by atoms with van der Waals surface area (Å²) in [6.45, 7) is 2.81. The first-order valence-corrected chi connectivity index (χ1v) is 7.31. The first kappa shape index (κ1) is 15.3. The van der Waals surface area contributed by atoms with Crippen molar-refractivity contribution in [3.8, 4) is 0 Å². The molecule has 0 aliphatic heterocycles. The Hall–Kier alpha value is -2.06. The lowest BCUT2D eigenvalue weighted by atomic mass is 10.3. The average Bonchev–Trinajstić information content (AvgIpc) is 2.86. The van der Waals surface area contributed by atoms with Gasteiger partial charge >= 0.3 is 5.97 Å². The first-order chi connectivity index (χ1) is 10.1. The van der Waals surface area contributed by atoms with E-state index in [1.807, 2.05) is 24.4 Å². The van der Waals surface area contributed by atoms with Crippen molar-refractivity contribution in [1.82, 2.24) is 19.9 Å². The van der Waals surface area contributed by atoms with E-state index >= 15 is 0 Å². The fourth-order valence-corrected chi connectivity index (χ4v) is 2.35. The number of carbonyl (C=O) groups is 1. The number of rotatable bonds is 6. The van der Waals surface area contributed by atoms with Gasteiger partial charge in [-0.25, -0.2) is 19.7 Å². The molecule has 7 nitrogen and oxygen atoms in total. The molecule has 0 saturated carbocycles. The minimum atomic E-state index is -0.453. The van der Waals surface area contributed by atoms with E-state index in [0.717, 1.165) is 12.2 Å². The molecule has 0 aromatic carbocycles. The van der Waals surface area contributed by atoms with Gasteiger partial charge in [0.15, 0.2) is 5.13 Å². The minimum Gasteiger partial charge on any atom is -0.462 e. The molecular formula is C13H17N5O2S. The number of nitrogens with zero attached hydrogens (tertiary/aromatic N) is 4. The van der Waals surface area contributed by atoms with Gasteiger partial charge in [-0.2, -0.15) is 0 Å². The van der Waals surface area contributed by atoms with Gasteiger partial charge in [0.2, 0.25) is 0 Å². The van der Waals surface area contributed by atoms with Crippen LogP contribution in [0.25, 0.3) is 0 Å². The van der Waals surface area contributed by atoms with E-state index in [4.69, 9.17) is 4.74 Å². The molecule has 8 heteroatoms. The normalized spacial score (nSPS) is 10.7. The van der Waals surface area contributed by atoms with Crippen LogP contribution in [-0.4, -0.2) is 46.5 Å². The van der Waals surface area contributed by atoms with Crippen LogP contribution < -0.4 is 5.32 Å². The number of nitrogens with one attached hydrogen (secondary N) is 1. The summed E-state index contributed by atoms with van der Waals surface area (Å²) >= 11 is 1.46. The van der Waals surface area contributed by atoms with Gasteiger partial charge in [0.25, 0.3) is 0 Å². The highest BCUT2D eigenvalue weighted by Crippen LogP contribution is 2.22.